The van der Waals surface area contributed by atoms with Crippen molar-refractivity contribution in [1.29, 1.82) is 0 Å². The van der Waals surface area contributed by atoms with Gasteiger partial charge in [0.25, 0.3) is 0 Å². The van der Waals surface area contributed by atoms with Crippen LogP contribution in [0.25, 0.3) is 40.3 Å². The van der Waals surface area contributed by atoms with Gasteiger partial charge in [-0.1, -0.05) is 95.3 Å². The van der Waals surface area contributed by atoms with Gasteiger partial charge < -0.3 is 0 Å². The van der Waals surface area contributed by atoms with Crippen molar-refractivity contribution in [3.05, 3.63) is 95.6 Å². The zero-order valence-corrected chi connectivity index (χ0v) is 22.2. The number of fused-ring (bicyclic) bond motifs is 6. The summed E-state index contributed by atoms with van der Waals surface area (Å²) in [4.78, 5) is 0. The Balaban J connectivity index is 1.41. The van der Waals surface area contributed by atoms with E-state index in [2.05, 4.69) is 113 Å². The van der Waals surface area contributed by atoms with E-state index in [-0.39, 0.29) is 10.8 Å². The molecule has 0 aliphatic carbocycles. The topological polar surface area (TPSA) is 0 Å². The van der Waals surface area contributed by atoms with Gasteiger partial charge in [0, 0.05) is 40.3 Å². The molecule has 0 fully saturated rings. The molecule has 2 heteroatoms. The predicted octanol–water partition coefficient (Wildman–Crippen LogP) is 10.2. The van der Waals surface area contributed by atoms with E-state index < -0.39 is 0 Å². The normalized spacial score (nSPS) is 13.0. The summed E-state index contributed by atoms with van der Waals surface area (Å²) in [5.41, 5.74) is 4.50. The lowest BCUT2D eigenvalue weighted by molar-refractivity contribution is 0.528. The van der Waals surface area contributed by atoms with Gasteiger partial charge in [-0.15, -0.1) is 22.7 Å². The lowest BCUT2D eigenvalue weighted by Gasteiger charge is -2.26. The molecule has 0 saturated heterocycles. The monoisotopic (exact) mass is 478 g/mol. The van der Waals surface area contributed by atoms with Gasteiger partial charge in [0.15, 0.2) is 0 Å². The fourth-order valence-electron chi connectivity index (χ4n) is 5.28. The van der Waals surface area contributed by atoms with Crippen molar-refractivity contribution in [2.24, 2.45) is 0 Å². The van der Waals surface area contributed by atoms with Crippen molar-refractivity contribution in [2.75, 3.05) is 0 Å². The van der Waals surface area contributed by atoms with Crippen LogP contribution in [0.1, 0.15) is 51.3 Å². The molecule has 0 unspecified atom stereocenters. The summed E-state index contributed by atoms with van der Waals surface area (Å²) in [6.07, 6.45) is 1.03. The minimum atomic E-state index is 0.0458. The van der Waals surface area contributed by atoms with Crippen LogP contribution in [0.3, 0.4) is 0 Å². The highest BCUT2D eigenvalue weighted by Gasteiger charge is 2.25. The third-order valence-electron chi connectivity index (χ3n) is 7.18. The zero-order chi connectivity index (χ0) is 23.7. The average molecular weight is 479 g/mol. The molecule has 4 aromatic carbocycles. The van der Waals surface area contributed by atoms with E-state index in [0.717, 1.165) is 6.42 Å². The molecule has 0 spiro atoms. The van der Waals surface area contributed by atoms with E-state index in [9.17, 15) is 0 Å². The Labute approximate surface area is 209 Å². The molecule has 2 aromatic heterocycles. The maximum absolute atomic E-state index is 2.43. The second-order valence-corrected chi connectivity index (χ2v) is 13.4. The van der Waals surface area contributed by atoms with E-state index in [0.29, 0.717) is 0 Å². The van der Waals surface area contributed by atoms with Crippen LogP contribution in [-0.2, 0) is 17.3 Å². The Morgan fingerprint density at radius 3 is 2.06 bits per heavy atom. The van der Waals surface area contributed by atoms with Crippen LogP contribution in [0.5, 0.6) is 0 Å². The summed E-state index contributed by atoms with van der Waals surface area (Å²) in [7, 11) is 0. The summed E-state index contributed by atoms with van der Waals surface area (Å²) in [5.74, 6) is 0. The van der Waals surface area contributed by atoms with Gasteiger partial charge >= 0.3 is 0 Å². The minimum absolute atomic E-state index is 0.0458. The van der Waals surface area contributed by atoms with Gasteiger partial charge in [-0.3, -0.25) is 0 Å². The number of hydrogen-bond donors (Lipinski definition) is 0. The third-order valence-corrected chi connectivity index (χ3v) is 9.52. The van der Waals surface area contributed by atoms with Gasteiger partial charge in [0.1, 0.15) is 0 Å². The molecule has 0 atom stereocenters. The number of rotatable bonds is 3. The molecule has 0 N–H and O–H groups in total. The minimum Gasteiger partial charge on any atom is -0.135 e. The van der Waals surface area contributed by atoms with E-state index in [4.69, 9.17) is 0 Å². The molecule has 2 heterocycles. The van der Waals surface area contributed by atoms with E-state index >= 15 is 0 Å². The summed E-state index contributed by atoms with van der Waals surface area (Å²) in [5, 5.41) is 5.53. The molecular formula is C32H30S2. The SMILES string of the molecule is CC(C)(C)c1ccc2c(c1)sc1cc(CC(C)(C)c3cccc4c3sc3ccccc34)ccc12. The van der Waals surface area contributed by atoms with E-state index in [1.165, 1.54) is 57.0 Å². The first-order valence-electron chi connectivity index (χ1n) is 12.1. The van der Waals surface area contributed by atoms with Crippen LogP contribution in [0, 0.1) is 0 Å². The summed E-state index contributed by atoms with van der Waals surface area (Å²) in [6, 6.07) is 29.8. The quantitative estimate of drug-likeness (QED) is 0.237. The molecule has 0 radical (unpaired) electrons. The molecule has 34 heavy (non-hydrogen) atoms. The number of thiophene rings is 2. The van der Waals surface area contributed by atoms with Crippen LogP contribution < -0.4 is 0 Å². The fourth-order valence-corrected chi connectivity index (χ4v) is 7.89. The molecule has 0 amide bonds. The average Bonchev–Trinajstić information content (AvgIpc) is 3.35. The second kappa shape index (κ2) is 7.66. The van der Waals surface area contributed by atoms with Gasteiger partial charge in [-0.25, -0.2) is 0 Å². The number of hydrogen-bond acceptors (Lipinski definition) is 2. The lowest BCUT2D eigenvalue weighted by Crippen LogP contribution is -2.20. The highest BCUT2D eigenvalue weighted by atomic mass is 32.1. The molecule has 0 aliphatic heterocycles. The molecular weight excluding hydrogens is 448 g/mol. The maximum Gasteiger partial charge on any atom is 0.0392 e. The molecule has 0 bridgehead atoms. The van der Waals surface area contributed by atoms with Gasteiger partial charge in [0.05, 0.1) is 0 Å². The highest BCUT2D eigenvalue weighted by molar-refractivity contribution is 7.26. The molecule has 0 saturated carbocycles. The molecule has 6 aromatic rings. The summed E-state index contributed by atoms with van der Waals surface area (Å²) < 4.78 is 5.61. The summed E-state index contributed by atoms with van der Waals surface area (Å²) >= 11 is 3.87. The van der Waals surface area contributed by atoms with E-state index in [1.54, 1.807) is 0 Å². The van der Waals surface area contributed by atoms with Crippen LogP contribution in [0.15, 0.2) is 78.9 Å². The van der Waals surface area contributed by atoms with Crippen LogP contribution in [0.2, 0.25) is 0 Å². The fraction of sp³-hybridized carbons (Fsp3) is 0.250. The number of benzene rings is 4. The first kappa shape index (κ1) is 21.8. The first-order chi connectivity index (χ1) is 16.2. The third kappa shape index (κ3) is 3.56. The van der Waals surface area contributed by atoms with Crippen molar-refractivity contribution in [2.45, 2.75) is 51.9 Å². The largest absolute Gasteiger partial charge is 0.135 e. The van der Waals surface area contributed by atoms with Gasteiger partial charge in [0.2, 0.25) is 0 Å². The Hall–Kier alpha value is -2.68. The Morgan fingerprint density at radius 2 is 1.26 bits per heavy atom. The molecule has 170 valence electrons. The Morgan fingerprint density at radius 1 is 0.588 bits per heavy atom. The molecule has 0 nitrogen and oxygen atoms in total. The first-order valence-corrected chi connectivity index (χ1v) is 13.7. The molecule has 0 aliphatic rings. The maximum atomic E-state index is 2.43. The summed E-state index contributed by atoms with van der Waals surface area (Å²) in [6.45, 7) is 11.7. The smallest absolute Gasteiger partial charge is 0.0392 e. The Bertz CT molecular complexity index is 1690. The van der Waals surface area contributed by atoms with E-state index in [1.807, 2.05) is 22.7 Å². The van der Waals surface area contributed by atoms with Crippen LogP contribution in [-0.4, -0.2) is 0 Å². The van der Waals surface area contributed by atoms with Gasteiger partial charge in [-0.2, -0.15) is 0 Å². The van der Waals surface area contributed by atoms with Crippen molar-refractivity contribution >= 4 is 63.0 Å². The lowest BCUT2D eigenvalue weighted by atomic mass is 9.78. The van der Waals surface area contributed by atoms with Crippen LogP contribution in [0.4, 0.5) is 0 Å². The van der Waals surface area contributed by atoms with Gasteiger partial charge in [-0.05, 0) is 52.1 Å². The van der Waals surface area contributed by atoms with Crippen LogP contribution >= 0.6 is 22.7 Å². The second-order valence-electron chi connectivity index (χ2n) is 11.2. The molecule has 6 rings (SSSR count). The standard InChI is InChI=1S/C32H30S2/c1-31(2,3)21-14-16-24-23-15-13-20(17-28(23)33-29(24)18-21)19-32(4,5)26-11-8-10-25-22-9-6-7-12-27(22)34-30(25)26/h6-18H,19H2,1-5H3. The Kier molecular flexibility index (Phi) is 4.92. The van der Waals surface area contributed by atoms with Crippen molar-refractivity contribution in [1.82, 2.24) is 0 Å². The predicted molar refractivity (Wildman–Crippen MR) is 154 cm³/mol. The van der Waals surface area contributed by atoms with Crippen molar-refractivity contribution in [3.63, 3.8) is 0 Å². The highest BCUT2D eigenvalue weighted by Crippen LogP contribution is 2.42. The van der Waals surface area contributed by atoms with Crippen molar-refractivity contribution < 1.29 is 0 Å². The zero-order valence-electron chi connectivity index (χ0n) is 20.5. The van der Waals surface area contributed by atoms with Crippen molar-refractivity contribution in [3.8, 4) is 0 Å².